The van der Waals surface area contributed by atoms with Crippen molar-refractivity contribution in [3.63, 3.8) is 0 Å². The summed E-state index contributed by atoms with van der Waals surface area (Å²) in [6, 6.07) is 3.62. The van der Waals surface area contributed by atoms with Crippen LogP contribution in [0.2, 0.25) is 0 Å². The van der Waals surface area contributed by atoms with Gasteiger partial charge in [0, 0.05) is 18.5 Å². The number of nitrogens with zero attached hydrogens (tertiary/aromatic N) is 3. The standard InChI is InChI=1S/C19H24N4O3/c1-3-4-16-15(10-20-12-22-16)19(24)23-17-7-8-25-11-18(17)26-14-6-5-13(2)21-9-14/h5-6,9-10,12,17-18H,3-4,7-8,11H2,1-2H3,(H,23,24)/t17-,18+/m1/s1. The van der Waals surface area contributed by atoms with Gasteiger partial charge in [-0.15, -0.1) is 0 Å². The molecular formula is C19H24N4O3. The lowest BCUT2D eigenvalue weighted by Gasteiger charge is -2.32. The number of pyridine rings is 1. The molecule has 1 amide bonds. The molecule has 2 atom stereocenters. The summed E-state index contributed by atoms with van der Waals surface area (Å²) in [4.78, 5) is 25.2. The molecular weight excluding hydrogens is 332 g/mol. The molecule has 0 spiro atoms. The van der Waals surface area contributed by atoms with Crippen LogP contribution < -0.4 is 10.1 Å². The van der Waals surface area contributed by atoms with Crippen LogP contribution in [0.5, 0.6) is 5.75 Å². The first-order valence-corrected chi connectivity index (χ1v) is 8.94. The highest BCUT2D eigenvalue weighted by molar-refractivity contribution is 5.95. The van der Waals surface area contributed by atoms with E-state index in [-0.39, 0.29) is 18.1 Å². The Kier molecular flexibility index (Phi) is 6.12. The third-order valence-corrected chi connectivity index (χ3v) is 4.32. The minimum atomic E-state index is -0.267. The normalized spacial score (nSPS) is 19.8. The van der Waals surface area contributed by atoms with Gasteiger partial charge in [-0.2, -0.15) is 0 Å². The Labute approximate surface area is 153 Å². The molecule has 0 radical (unpaired) electrons. The average Bonchev–Trinajstić information content (AvgIpc) is 2.66. The molecule has 0 bridgehead atoms. The number of hydrogen-bond acceptors (Lipinski definition) is 6. The maximum absolute atomic E-state index is 12.8. The van der Waals surface area contributed by atoms with Crippen LogP contribution in [0.3, 0.4) is 0 Å². The van der Waals surface area contributed by atoms with Crippen molar-refractivity contribution in [1.82, 2.24) is 20.3 Å². The Bertz CT molecular complexity index is 736. The summed E-state index contributed by atoms with van der Waals surface area (Å²) in [6.07, 6.45) is 6.82. The zero-order chi connectivity index (χ0) is 18.4. The fourth-order valence-electron chi connectivity index (χ4n) is 2.92. The molecule has 2 aromatic rings. The van der Waals surface area contributed by atoms with Crippen molar-refractivity contribution < 1.29 is 14.3 Å². The van der Waals surface area contributed by atoms with Crippen molar-refractivity contribution in [3.8, 4) is 5.75 Å². The number of amides is 1. The molecule has 1 aliphatic rings. The first-order chi connectivity index (χ1) is 12.7. The zero-order valence-corrected chi connectivity index (χ0v) is 15.1. The van der Waals surface area contributed by atoms with Gasteiger partial charge < -0.3 is 14.8 Å². The first kappa shape index (κ1) is 18.3. The quantitative estimate of drug-likeness (QED) is 0.853. The molecule has 0 aliphatic carbocycles. The fourth-order valence-corrected chi connectivity index (χ4v) is 2.92. The summed E-state index contributed by atoms with van der Waals surface area (Å²) in [6.45, 7) is 4.99. The number of rotatable bonds is 6. The molecule has 1 fully saturated rings. The first-order valence-electron chi connectivity index (χ1n) is 8.94. The maximum Gasteiger partial charge on any atom is 0.255 e. The molecule has 0 unspecified atom stereocenters. The van der Waals surface area contributed by atoms with Crippen LogP contribution in [-0.4, -0.2) is 46.2 Å². The number of aromatic nitrogens is 3. The average molecular weight is 356 g/mol. The van der Waals surface area contributed by atoms with Crippen LogP contribution in [0.1, 0.15) is 41.5 Å². The molecule has 3 heterocycles. The van der Waals surface area contributed by atoms with Gasteiger partial charge in [0.1, 0.15) is 18.2 Å². The van der Waals surface area contributed by atoms with Crippen LogP contribution in [0.25, 0.3) is 0 Å². The van der Waals surface area contributed by atoms with Crippen molar-refractivity contribution in [2.45, 2.75) is 45.3 Å². The van der Waals surface area contributed by atoms with E-state index in [1.807, 2.05) is 19.1 Å². The Morgan fingerprint density at radius 3 is 3.00 bits per heavy atom. The van der Waals surface area contributed by atoms with E-state index < -0.39 is 0 Å². The summed E-state index contributed by atoms with van der Waals surface area (Å²) in [5.41, 5.74) is 2.22. The molecule has 7 nitrogen and oxygen atoms in total. The van der Waals surface area contributed by atoms with E-state index in [1.165, 1.54) is 6.33 Å². The fraction of sp³-hybridized carbons (Fsp3) is 0.474. The van der Waals surface area contributed by atoms with Gasteiger partial charge in [-0.25, -0.2) is 9.97 Å². The highest BCUT2D eigenvalue weighted by Gasteiger charge is 2.30. The van der Waals surface area contributed by atoms with Gasteiger partial charge in [0.05, 0.1) is 30.1 Å². The molecule has 138 valence electrons. The minimum Gasteiger partial charge on any atom is -0.484 e. The summed E-state index contributed by atoms with van der Waals surface area (Å²) < 4.78 is 11.5. The Balaban J connectivity index is 1.70. The number of hydrogen-bond donors (Lipinski definition) is 1. The van der Waals surface area contributed by atoms with Crippen LogP contribution in [-0.2, 0) is 11.2 Å². The second-order valence-electron chi connectivity index (χ2n) is 6.37. The zero-order valence-electron chi connectivity index (χ0n) is 15.1. The third-order valence-electron chi connectivity index (χ3n) is 4.32. The van der Waals surface area contributed by atoms with Gasteiger partial charge in [0.15, 0.2) is 0 Å². The van der Waals surface area contributed by atoms with Gasteiger partial charge in [0.2, 0.25) is 0 Å². The Morgan fingerprint density at radius 1 is 1.35 bits per heavy atom. The predicted molar refractivity (Wildman–Crippen MR) is 96.1 cm³/mol. The van der Waals surface area contributed by atoms with Gasteiger partial charge in [-0.3, -0.25) is 9.78 Å². The van der Waals surface area contributed by atoms with Crippen molar-refractivity contribution in [2.75, 3.05) is 13.2 Å². The van der Waals surface area contributed by atoms with E-state index in [0.717, 1.165) is 24.2 Å². The molecule has 26 heavy (non-hydrogen) atoms. The van der Waals surface area contributed by atoms with Crippen LogP contribution in [0.15, 0.2) is 30.9 Å². The largest absolute Gasteiger partial charge is 0.484 e. The van der Waals surface area contributed by atoms with Gasteiger partial charge in [0.25, 0.3) is 5.91 Å². The van der Waals surface area contributed by atoms with Gasteiger partial charge in [-0.05, 0) is 31.9 Å². The Hall–Kier alpha value is -2.54. The summed E-state index contributed by atoms with van der Waals surface area (Å²) in [5.74, 6) is 0.497. The van der Waals surface area contributed by atoms with Crippen molar-refractivity contribution in [1.29, 1.82) is 0 Å². The lowest BCUT2D eigenvalue weighted by atomic mass is 10.0. The molecule has 2 aromatic heterocycles. The highest BCUT2D eigenvalue weighted by Crippen LogP contribution is 2.18. The van der Waals surface area contributed by atoms with Gasteiger partial charge >= 0.3 is 0 Å². The summed E-state index contributed by atoms with van der Waals surface area (Å²) in [5, 5.41) is 3.07. The SMILES string of the molecule is CCCc1ncncc1C(=O)N[C@@H]1CCOC[C@@H]1Oc1ccc(C)nc1. The topological polar surface area (TPSA) is 86.2 Å². The lowest BCUT2D eigenvalue weighted by Crippen LogP contribution is -2.51. The highest BCUT2D eigenvalue weighted by atomic mass is 16.5. The molecule has 0 saturated carbocycles. The number of nitrogens with one attached hydrogen (secondary N) is 1. The molecule has 0 aromatic carbocycles. The Morgan fingerprint density at radius 2 is 2.23 bits per heavy atom. The van der Waals surface area contributed by atoms with Crippen molar-refractivity contribution in [2.24, 2.45) is 0 Å². The summed E-state index contributed by atoms with van der Waals surface area (Å²) >= 11 is 0. The maximum atomic E-state index is 12.8. The van der Waals surface area contributed by atoms with Crippen LogP contribution in [0.4, 0.5) is 0 Å². The van der Waals surface area contributed by atoms with E-state index in [2.05, 4.69) is 27.2 Å². The third kappa shape index (κ3) is 4.54. The lowest BCUT2D eigenvalue weighted by molar-refractivity contribution is -0.0136. The van der Waals surface area contributed by atoms with E-state index in [0.29, 0.717) is 30.9 Å². The number of carbonyl (C=O) groups excluding carboxylic acids is 1. The van der Waals surface area contributed by atoms with Crippen LogP contribution in [0, 0.1) is 6.92 Å². The van der Waals surface area contributed by atoms with Crippen molar-refractivity contribution >= 4 is 5.91 Å². The van der Waals surface area contributed by atoms with E-state index in [9.17, 15) is 4.79 Å². The van der Waals surface area contributed by atoms with E-state index in [1.54, 1.807) is 12.4 Å². The van der Waals surface area contributed by atoms with Crippen molar-refractivity contribution in [3.05, 3.63) is 47.8 Å². The molecule has 3 rings (SSSR count). The molecule has 1 saturated heterocycles. The molecule has 1 N–H and O–H groups in total. The van der Waals surface area contributed by atoms with Crippen LogP contribution >= 0.6 is 0 Å². The number of ether oxygens (including phenoxy) is 2. The predicted octanol–water partition coefficient (Wildman–Crippen LogP) is 2.10. The van der Waals surface area contributed by atoms with Gasteiger partial charge in [-0.1, -0.05) is 13.3 Å². The smallest absolute Gasteiger partial charge is 0.255 e. The number of carbonyl (C=O) groups is 1. The second kappa shape index (κ2) is 8.71. The molecule has 1 aliphatic heterocycles. The van der Waals surface area contributed by atoms with E-state index >= 15 is 0 Å². The second-order valence-corrected chi connectivity index (χ2v) is 6.37. The molecule has 7 heteroatoms. The monoisotopic (exact) mass is 356 g/mol. The number of aryl methyl sites for hydroxylation is 2. The minimum absolute atomic E-state index is 0.146. The van der Waals surface area contributed by atoms with E-state index in [4.69, 9.17) is 9.47 Å². The summed E-state index contributed by atoms with van der Waals surface area (Å²) in [7, 11) is 0.